The fraction of sp³-hybridized carbons (Fsp3) is 0.167. The van der Waals surface area contributed by atoms with Crippen LogP contribution in [-0.4, -0.2) is 0 Å². The zero-order chi connectivity index (χ0) is 16.6. The van der Waals surface area contributed by atoms with Crippen LogP contribution < -0.4 is 0 Å². The van der Waals surface area contributed by atoms with E-state index in [-0.39, 0.29) is 0 Å². The van der Waals surface area contributed by atoms with E-state index in [1.807, 2.05) is 18.2 Å². The average molecular weight is 310 g/mol. The van der Waals surface area contributed by atoms with Crippen molar-refractivity contribution in [3.8, 4) is 11.8 Å². The van der Waals surface area contributed by atoms with Crippen LogP contribution in [0.2, 0.25) is 0 Å². The SMILES string of the molecule is C[C@H](c1ccccc1)[C@@H](CC#Cc1ccccc1)c1ccccc1. The van der Waals surface area contributed by atoms with Crippen molar-refractivity contribution in [2.75, 3.05) is 0 Å². The highest BCUT2D eigenvalue weighted by molar-refractivity contribution is 5.35. The molecule has 0 spiro atoms. The minimum Gasteiger partial charge on any atom is -0.0972 e. The molecule has 0 N–H and O–H groups in total. The van der Waals surface area contributed by atoms with Crippen LogP contribution in [0, 0.1) is 11.8 Å². The van der Waals surface area contributed by atoms with Gasteiger partial charge in [-0.3, -0.25) is 0 Å². The highest BCUT2D eigenvalue weighted by Crippen LogP contribution is 2.34. The van der Waals surface area contributed by atoms with Crippen LogP contribution in [0.5, 0.6) is 0 Å². The number of rotatable bonds is 4. The smallest absolute Gasteiger partial charge is 0.0245 e. The van der Waals surface area contributed by atoms with Gasteiger partial charge < -0.3 is 0 Å². The monoisotopic (exact) mass is 310 g/mol. The van der Waals surface area contributed by atoms with E-state index in [1.54, 1.807) is 0 Å². The van der Waals surface area contributed by atoms with E-state index in [1.165, 1.54) is 11.1 Å². The van der Waals surface area contributed by atoms with Crippen molar-refractivity contribution >= 4 is 0 Å². The first kappa shape index (κ1) is 16.1. The van der Waals surface area contributed by atoms with Crippen LogP contribution in [0.25, 0.3) is 0 Å². The number of benzene rings is 3. The fourth-order valence-corrected chi connectivity index (χ4v) is 3.06. The molecule has 0 radical (unpaired) electrons. The molecule has 0 saturated carbocycles. The third kappa shape index (κ3) is 4.15. The van der Waals surface area contributed by atoms with Crippen molar-refractivity contribution < 1.29 is 0 Å². The summed E-state index contributed by atoms with van der Waals surface area (Å²) in [4.78, 5) is 0. The second-order valence-corrected chi connectivity index (χ2v) is 6.09. The first-order chi connectivity index (χ1) is 11.8. The number of hydrogen-bond acceptors (Lipinski definition) is 0. The third-order valence-corrected chi connectivity index (χ3v) is 4.49. The molecule has 3 rings (SSSR count). The minimum atomic E-state index is 0.393. The summed E-state index contributed by atoms with van der Waals surface area (Å²) >= 11 is 0. The van der Waals surface area contributed by atoms with Crippen LogP contribution in [0.1, 0.15) is 41.9 Å². The van der Waals surface area contributed by atoms with Gasteiger partial charge in [-0.1, -0.05) is 97.6 Å². The van der Waals surface area contributed by atoms with Gasteiger partial charge in [-0.05, 0) is 29.2 Å². The zero-order valence-corrected chi connectivity index (χ0v) is 14.0. The Hall–Kier alpha value is -2.78. The minimum absolute atomic E-state index is 0.393. The lowest BCUT2D eigenvalue weighted by Crippen LogP contribution is -2.08. The maximum Gasteiger partial charge on any atom is 0.0245 e. The van der Waals surface area contributed by atoms with Crippen molar-refractivity contribution in [1.29, 1.82) is 0 Å². The second kappa shape index (κ2) is 8.18. The lowest BCUT2D eigenvalue weighted by Gasteiger charge is -2.23. The van der Waals surface area contributed by atoms with Gasteiger partial charge in [0, 0.05) is 17.9 Å². The van der Waals surface area contributed by atoms with Gasteiger partial charge in [0.1, 0.15) is 0 Å². The molecule has 3 aromatic carbocycles. The number of hydrogen-bond donors (Lipinski definition) is 0. The first-order valence-electron chi connectivity index (χ1n) is 8.48. The van der Waals surface area contributed by atoms with E-state index in [0.29, 0.717) is 11.8 Å². The van der Waals surface area contributed by atoms with Gasteiger partial charge in [0.2, 0.25) is 0 Å². The molecule has 0 saturated heterocycles. The summed E-state index contributed by atoms with van der Waals surface area (Å²) in [6, 6.07) is 31.7. The van der Waals surface area contributed by atoms with E-state index < -0.39 is 0 Å². The summed E-state index contributed by atoms with van der Waals surface area (Å²) in [6.45, 7) is 2.30. The lowest BCUT2D eigenvalue weighted by atomic mass is 9.81. The summed E-state index contributed by atoms with van der Waals surface area (Å²) in [5, 5.41) is 0. The third-order valence-electron chi connectivity index (χ3n) is 4.49. The highest BCUT2D eigenvalue weighted by atomic mass is 14.2. The Morgan fingerprint density at radius 1 is 0.667 bits per heavy atom. The molecule has 0 fully saturated rings. The lowest BCUT2D eigenvalue weighted by molar-refractivity contribution is 0.589. The van der Waals surface area contributed by atoms with Crippen molar-refractivity contribution in [1.82, 2.24) is 0 Å². The van der Waals surface area contributed by atoms with Crippen LogP contribution in [-0.2, 0) is 0 Å². The molecule has 0 nitrogen and oxygen atoms in total. The standard InChI is InChI=1S/C24H22/c1-20(22-15-7-3-8-16-22)24(23-17-9-4-10-18-23)19-11-14-21-12-5-2-6-13-21/h2-10,12-13,15-18,20,24H,19H2,1H3/t20-,24-/m1/s1. The van der Waals surface area contributed by atoms with Gasteiger partial charge in [-0.15, -0.1) is 0 Å². The zero-order valence-electron chi connectivity index (χ0n) is 14.0. The van der Waals surface area contributed by atoms with Gasteiger partial charge in [0.05, 0.1) is 0 Å². The first-order valence-corrected chi connectivity index (χ1v) is 8.48. The quantitative estimate of drug-likeness (QED) is 0.517. The van der Waals surface area contributed by atoms with E-state index in [9.17, 15) is 0 Å². The molecule has 0 unspecified atom stereocenters. The van der Waals surface area contributed by atoms with E-state index in [4.69, 9.17) is 0 Å². The van der Waals surface area contributed by atoms with Gasteiger partial charge in [0.15, 0.2) is 0 Å². The maximum atomic E-state index is 3.40. The molecule has 24 heavy (non-hydrogen) atoms. The van der Waals surface area contributed by atoms with E-state index in [0.717, 1.165) is 12.0 Å². The predicted octanol–water partition coefficient (Wildman–Crippen LogP) is 6.02. The van der Waals surface area contributed by atoms with Crippen molar-refractivity contribution in [3.05, 3.63) is 108 Å². The summed E-state index contributed by atoms with van der Waals surface area (Å²) in [7, 11) is 0. The Morgan fingerprint density at radius 2 is 1.17 bits per heavy atom. The molecular formula is C24H22. The Morgan fingerprint density at radius 3 is 1.75 bits per heavy atom. The van der Waals surface area contributed by atoms with E-state index in [2.05, 4.69) is 91.6 Å². The predicted molar refractivity (Wildman–Crippen MR) is 102 cm³/mol. The molecule has 0 heteroatoms. The molecule has 0 aliphatic heterocycles. The molecule has 0 aromatic heterocycles. The molecule has 118 valence electrons. The normalized spacial score (nSPS) is 12.7. The summed E-state index contributed by atoms with van der Waals surface area (Å²) in [6.07, 6.45) is 0.856. The molecule has 0 heterocycles. The van der Waals surface area contributed by atoms with Crippen LogP contribution in [0.4, 0.5) is 0 Å². The Balaban J connectivity index is 1.85. The van der Waals surface area contributed by atoms with Gasteiger partial charge >= 0.3 is 0 Å². The maximum absolute atomic E-state index is 3.40. The van der Waals surface area contributed by atoms with Crippen LogP contribution in [0.3, 0.4) is 0 Å². The summed E-state index contributed by atoms with van der Waals surface area (Å²) in [5.74, 6) is 7.52. The fourth-order valence-electron chi connectivity index (χ4n) is 3.06. The molecule has 2 atom stereocenters. The van der Waals surface area contributed by atoms with Crippen LogP contribution >= 0.6 is 0 Å². The molecule has 0 aliphatic carbocycles. The summed E-state index contributed by atoms with van der Waals surface area (Å²) < 4.78 is 0. The highest BCUT2D eigenvalue weighted by Gasteiger charge is 2.19. The topological polar surface area (TPSA) is 0 Å². The van der Waals surface area contributed by atoms with Crippen molar-refractivity contribution in [2.24, 2.45) is 0 Å². The molecular weight excluding hydrogens is 288 g/mol. The Kier molecular flexibility index (Phi) is 5.48. The van der Waals surface area contributed by atoms with Gasteiger partial charge in [-0.25, -0.2) is 0 Å². The second-order valence-electron chi connectivity index (χ2n) is 6.09. The van der Waals surface area contributed by atoms with Crippen molar-refractivity contribution in [3.63, 3.8) is 0 Å². The van der Waals surface area contributed by atoms with Gasteiger partial charge in [-0.2, -0.15) is 0 Å². The molecule has 0 amide bonds. The van der Waals surface area contributed by atoms with Gasteiger partial charge in [0.25, 0.3) is 0 Å². The Labute approximate surface area is 145 Å². The van der Waals surface area contributed by atoms with E-state index >= 15 is 0 Å². The Bertz CT molecular complexity index is 792. The molecule has 0 aliphatic rings. The van der Waals surface area contributed by atoms with Crippen LogP contribution in [0.15, 0.2) is 91.0 Å². The molecule has 0 bridgehead atoms. The largest absolute Gasteiger partial charge is 0.0972 e. The molecule has 3 aromatic rings. The summed E-state index contributed by atoms with van der Waals surface area (Å²) in [5.41, 5.74) is 3.81. The average Bonchev–Trinajstić information content (AvgIpc) is 2.67. The van der Waals surface area contributed by atoms with Crippen molar-refractivity contribution in [2.45, 2.75) is 25.2 Å².